The molecule has 2 aromatic carbocycles. The summed E-state index contributed by atoms with van der Waals surface area (Å²) in [5.74, 6) is -0.955. The van der Waals surface area contributed by atoms with Gasteiger partial charge < -0.3 is 20.6 Å². The van der Waals surface area contributed by atoms with Gasteiger partial charge in [-0.15, -0.1) is 0 Å². The lowest BCUT2D eigenvalue weighted by molar-refractivity contribution is -0.145. The second-order valence-electron chi connectivity index (χ2n) is 6.75. The Labute approximate surface area is 162 Å². The highest BCUT2D eigenvalue weighted by Crippen LogP contribution is 2.40. The number of fused-ring (bicyclic) bond motifs is 1. The van der Waals surface area contributed by atoms with E-state index < -0.39 is 11.4 Å². The number of amides is 1. The highest BCUT2D eigenvalue weighted by Gasteiger charge is 2.45. The third-order valence-electron chi connectivity index (χ3n) is 4.78. The number of phenols is 1. The summed E-state index contributed by atoms with van der Waals surface area (Å²) in [5.41, 5.74) is 2.19. The van der Waals surface area contributed by atoms with Crippen LogP contribution in [0.15, 0.2) is 48.5 Å². The van der Waals surface area contributed by atoms with Crippen LogP contribution in [0.5, 0.6) is 5.75 Å². The van der Waals surface area contributed by atoms with Crippen molar-refractivity contribution < 1.29 is 29.7 Å². The van der Waals surface area contributed by atoms with Crippen molar-refractivity contribution in [2.75, 3.05) is 6.54 Å². The van der Waals surface area contributed by atoms with Gasteiger partial charge in [0.2, 0.25) is 5.91 Å². The predicted octanol–water partition coefficient (Wildman–Crippen LogP) is 2.01. The Morgan fingerprint density at radius 1 is 1.04 bits per heavy atom. The second-order valence-corrected chi connectivity index (χ2v) is 6.75. The molecule has 0 bridgehead atoms. The van der Waals surface area contributed by atoms with Crippen LogP contribution in [0.2, 0.25) is 0 Å². The van der Waals surface area contributed by atoms with E-state index in [9.17, 15) is 19.8 Å². The van der Waals surface area contributed by atoms with Crippen LogP contribution in [0.4, 0.5) is 0 Å². The molecule has 0 aromatic heterocycles. The first-order chi connectivity index (χ1) is 13.4. The van der Waals surface area contributed by atoms with E-state index in [0.717, 1.165) is 16.7 Å². The number of carboxylic acid groups (broad SMARTS) is 2. The van der Waals surface area contributed by atoms with E-state index in [4.69, 9.17) is 9.90 Å². The summed E-state index contributed by atoms with van der Waals surface area (Å²) >= 11 is 0. The van der Waals surface area contributed by atoms with Gasteiger partial charge in [-0.1, -0.05) is 36.4 Å². The first-order valence-electron chi connectivity index (χ1n) is 8.83. The molecule has 0 saturated carbocycles. The number of rotatable bonds is 6. The number of aromatic hydroxyl groups is 1. The van der Waals surface area contributed by atoms with Crippen molar-refractivity contribution in [2.45, 2.75) is 25.7 Å². The van der Waals surface area contributed by atoms with Gasteiger partial charge in [0.05, 0.1) is 11.8 Å². The van der Waals surface area contributed by atoms with Crippen LogP contribution < -0.4 is 5.32 Å². The number of hydrogen-bond donors (Lipinski definition) is 4. The average molecular weight is 385 g/mol. The quantitative estimate of drug-likeness (QED) is 0.564. The van der Waals surface area contributed by atoms with Crippen LogP contribution in [0.3, 0.4) is 0 Å². The maximum atomic E-state index is 12.8. The molecule has 0 atom stereocenters. The molecule has 0 unspecified atom stereocenters. The lowest BCUT2D eigenvalue weighted by Gasteiger charge is -2.26. The summed E-state index contributed by atoms with van der Waals surface area (Å²) in [7, 11) is 0. The van der Waals surface area contributed by atoms with E-state index in [0.29, 0.717) is 25.8 Å². The summed E-state index contributed by atoms with van der Waals surface area (Å²) in [5, 5.41) is 28.4. The van der Waals surface area contributed by atoms with Crippen LogP contribution >= 0.6 is 0 Å². The number of carboxylic acids is 1. The van der Waals surface area contributed by atoms with Crippen LogP contribution in [-0.2, 0) is 33.6 Å². The molecule has 7 nitrogen and oxygen atoms in total. The molecule has 1 amide bonds. The minimum Gasteiger partial charge on any atom is -0.508 e. The lowest BCUT2D eigenvalue weighted by Crippen LogP contribution is -2.44. The van der Waals surface area contributed by atoms with Crippen molar-refractivity contribution in [1.29, 1.82) is 0 Å². The van der Waals surface area contributed by atoms with Crippen molar-refractivity contribution >= 4 is 18.3 Å². The molecule has 1 aliphatic carbocycles. The molecule has 0 spiro atoms. The molecule has 0 fully saturated rings. The molecular weight excluding hydrogens is 362 g/mol. The Bertz CT molecular complexity index is 806. The Morgan fingerprint density at radius 3 is 2.07 bits per heavy atom. The molecule has 28 heavy (non-hydrogen) atoms. The number of hydrogen-bond acceptors (Lipinski definition) is 4. The lowest BCUT2D eigenvalue weighted by atomic mass is 9.80. The van der Waals surface area contributed by atoms with Crippen molar-refractivity contribution in [3.05, 3.63) is 65.2 Å². The molecular formula is C21H23NO6. The number of carbonyl (C=O) groups is 3. The summed E-state index contributed by atoms with van der Waals surface area (Å²) in [6.45, 7) is 0.182. The molecule has 0 radical (unpaired) electrons. The molecule has 4 N–H and O–H groups in total. The van der Waals surface area contributed by atoms with E-state index in [1.165, 1.54) is 0 Å². The highest BCUT2D eigenvalue weighted by molar-refractivity contribution is 5.88. The summed E-state index contributed by atoms with van der Waals surface area (Å²) < 4.78 is 0. The fourth-order valence-corrected chi connectivity index (χ4v) is 3.52. The van der Waals surface area contributed by atoms with Gasteiger partial charge in [0.25, 0.3) is 6.47 Å². The Hall–Kier alpha value is -3.35. The van der Waals surface area contributed by atoms with Crippen molar-refractivity contribution in [1.82, 2.24) is 5.32 Å². The molecule has 148 valence electrons. The molecule has 7 heteroatoms. The molecule has 0 saturated heterocycles. The van der Waals surface area contributed by atoms with E-state index in [-0.39, 0.29) is 24.5 Å². The number of carbonyl (C=O) groups excluding carboxylic acids is 1. The summed E-state index contributed by atoms with van der Waals surface area (Å²) in [6, 6.07) is 14.6. The third-order valence-corrected chi connectivity index (χ3v) is 4.78. The molecule has 3 rings (SSSR count). The van der Waals surface area contributed by atoms with Gasteiger partial charge in [-0.25, -0.2) is 0 Å². The zero-order valence-electron chi connectivity index (χ0n) is 15.3. The van der Waals surface area contributed by atoms with Gasteiger partial charge in [-0.05, 0) is 48.1 Å². The summed E-state index contributed by atoms with van der Waals surface area (Å²) in [6.07, 6.45) is 1.37. The number of phenolic OH excluding ortho intramolecular Hbond substituents is 1. The Kier molecular flexibility index (Phi) is 7.14. The van der Waals surface area contributed by atoms with Gasteiger partial charge in [-0.2, -0.15) is 0 Å². The topological polar surface area (TPSA) is 124 Å². The van der Waals surface area contributed by atoms with Gasteiger partial charge in [0.15, 0.2) is 0 Å². The van der Waals surface area contributed by atoms with Gasteiger partial charge in [0.1, 0.15) is 5.75 Å². The largest absolute Gasteiger partial charge is 0.508 e. The first-order valence-corrected chi connectivity index (χ1v) is 8.83. The molecule has 0 heterocycles. The maximum Gasteiger partial charge on any atom is 0.304 e. The average Bonchev–Trinajstić information content (AvgIpc) is 3.02. The fourth-order valence-electron chi connectivity index (χ4n) is 3.52. The third kappa shape index (κ3) is 5.33. The van der Waals surface area contributed by atoms with Gasteiger partial charge >= 0.3 is 5.97 Å². The zero-order chi connectivity index (χ0) is 20.6. The van der Waals surface area contributed by atoms with Crippen molar-refractivity contribution in [3.8, 4) is 5.75 Å². The SMILES string of the molecule is O=C(O)CC1(C(=O)NCCc2ccc(O)cc2)Cc2ccccc2C1.O=CO. The first kappa shape index (κ1) is 21.0. The standard InChI is InChI=1S/C20H21NO4.CH2O2/c22-17-7-5-14(6-8-17)9-10-21-19(25)20(13-18(23)24)11-15-3-1-2-4-16(15)12-20;2-1-3/h1-8,22H,9-13H2,(H,21,25)(H,23,24);1H,(H,2,3). The van der Waals surface area contributed by atoms with Gasteiger partial charge in [0, 0.05) is 6.54 Å². The van der Waals surface area contributed by atoms with Crippen molar-refractivity contribution in [3.63, 3.8) is 0 Å². The fraction of sp³-hybridized carbons (Fsp3) is 0.286. The van der Waals surface area contributed by atoms with E-state index in [1.807, 2.05) is 24.3 Å². The molecule has 2 aromatic rings. The molecule has 0 aliphatic heterocycles. The monoisotopic (exact) mass is 385 g/mol. The Morgan fingerprint density at radius 2 is 1.57 bits per heavy atom. The van der Waals surface area contributed by atoms with E-state index in [1.54, 1.807) is 24.3 Å². The second kappa shape index (κ2) is 9.55. The Balaban J connectivity index is 0.000000878. The number of nitrogens with one attached hydrogen (secondary N) is 1. The minimum atomic E-state index is -0.957. The van der Waals surface area contributed by atoms with Crippen LogP contribution in [0.25, 0.3) is 0 Å². The predicted molar refractivity (Wildman–Crippen MR) is 102 cm³/mol. The van der Waals surface area contributed by atoms with E-state index in [2.05, 4.69) is 5.32 Å². The van der Waals surface area contributed by atoms with Gasteiger partial charge in [-0.3, -0.25) is 14.4 Å². The van der Waals surface area contributed by atoms with Crippen LogP contribution in [0, 0.1) is 5.41 Å². The van der Waals surface area contributed by atoms with Crippen LogP contribution in [-0.4, -0.2) is 40.2 Å². The molecule has 1 aliphatic rings. The van der Waals surface area contributed by atoms with Crippen molar-refractivity contribution in [2.24, 2.45) is 5.41 Å². The normalized spacial score (nSPS) is 13.6. The smallest absolute Gasteiger partial charge is 0.304 e. The zero-order valence-corrected chi connectivity index (χ0v) is 15.3. The highest BCUT2D eigenvalue weighted by atomic mass is 16.4. The number of aliphatic carboxylic acids is 1. The van der Waals surface area contributed by atoms with Crippen LogP contribution in [0.1, 0.15) is 23.1 Å². The van der Waals surface area contributed by atoms with E-state index >= 15 is 0 Å². The maximum absolute atomic E-state index is 12.8. The minimum absolute atomic E-state index is 0.174. The summed E-state index contributed by atoms with van der Waals surface area (Å²) in [4.78, 5) is 32.5. The number of benzene rings is 2.